The van der Waals surface area contributed by atoms with Crippen molar-refractivity contribution in [1.29, 1.82) is 0 Å². The standard InChI is InChI=1S/C27H23N3O2S/c1-18-26(19-11-5-4-6-12-19)28-27(33-18)30-23(21-14-8-10-16-25(21)32-3)17-22(29-30)20-13-7-9-15-24(20)31-2/h4-17H,1-3H3. The maximum Gasteiger partial charge on any atom is 0.211 e. The molecule has 33 heavy (non-hydrogen) atoms. The fourth-order valence-corrected chi connectivity index (χ4v) is 4.80. The Morgan fingerprint density at radius 2 is 1.36 bits per heavy atom. The van der Waals surface area contributed by atoms with Gasteiger partial charge < -0.3 is 9.47 Å². The normalized spacial score (nSPS) is 10.9. The van der Waals surface area contributed by atoms with Gasteiger partial charge in [0.2, 0.25) is 5.13 Å². The van der Waals surface area contributed by atoms with Crippen LogP contribution in [0.4, 0.5) is 0 Å². The third-order valence-electron chi connectivity index (χ3n) is 5.49. The Labute approximate surface area is 196 Å². The maximum atomic E-state index is 5.67. The lowest BCUT2D eigenvalue weighted by Crippen LogP contribution is -2.00. The van der Waals surface area contributed by atoms with E-state index in [0.29, 0.717) is 0 Å². The zero-order valence-corrected chi connectivity index (χ0v) is 19.5. The summed E-state index contributed by atoms with van der Waals surface area (Å²) in [6, 6.07) is 28.2. The van der Waals surface area contributed by atoms with Crippen molar-refractivity contribution >= 4 is 11.3 Å². The molecule has 164 valence electrons. The molecule has 5 rings (SSSR count). The molecule has 0 atom stereocenters. The number of para-hydroxylation sites is 2. The topological polar surface area (TPSA) is 49.2 Å². The Kier molecular flexibility index (Phi) is 5.67. The molecule has 0 radical (unpaired) electrons. The van der Waals surface area contributed by atoms with Gasteiger partial charge in [-0.05, 0) is 37.3 Å². The highest BCUT2D eigenvalue weighted by molar-refractivity contribution is 7.14. The summed E-state index contributed by atoms with van der Waals surface area (Å²) in [5.74, 6) is 1.55. The van der Waals surface area contributed by atoms with Gasteiger partial charge in [0.05, 0.1) is 31.3 Å². The number of ether oxygens (including phenoxy) is 2. The minimum absolute atomic E-state index is 0.772. The molecule has 0 fully saturated rings. The maximum absolute atomic E-state index is 5.67. The predicted octanol–water partition coefficient (Wildman–Crippen LogP) is 6.66. The number of aryl methyl sites for hydroxylation is 1. The van der Waals surface area contributed by atoms with Gasteiger partial charge in [-0.3, -0.25) is 0 Å². The molecule has 6 heteroatoms. The molecule has 2 heterocycles. The van der Waals surface area contributed by atoms with Crippen LogP contribution in [0.15, 0.2) is 84.9 Å². The van der Waals surface area contributed by atoms with Crippen LogP contribution in [0.3, 0.4) is 0 Å². The molecule has 0 amide bonds. The van der Waals surface area contributed by atoms with Gasteiger partial charge in [-0.1, -0.05) is 65.9 Å². The second-order valence-corrected chi connectivity index (χ2v) is 8.68. The van der Waals surface area contributed by atoms with Crippen molar-refractivity contribution in [2.75, 3.05) is 14.2 Å². The highest BCUT2D eigenvalue weighted by Crippen LogP contribution is 2.38. The van der Waals surface area contributed by atoms with E-state index in [1.807, 2.05) is 71.4 Å². The van der Waals surface area contributed by atoms with Crippen LogP contribution >= 0.6 is 11.3 Å². The van der Waals surface area contributed by atoms with Gasteiger partial charge >= 0.3 is 0 Å². The third kappa shape index (κ3) is 3.90. The summed E-state index contributed by atoms with van der Waals surface area (Å²) in [7, 11) is 3.36. The number of methoxy groups -OCH3 is 2. The van der Waals surface area contributed by atoms with Gasteiger partial charge in [-0.2, -0.15) is 5.10 Å². The van der Waals surface area contributed by atoms with E-state index >= 15 is 0 Å². The molecule has 0 saturated heterocycles. The van der Waals surface area contributed by atoms with Crippen molar-refractivity contribution in [3.05, 3.63) is 89.8 Å². The summed E-state index contributed by atoms with van der Waals surface area (Å²) in [6.07, 6.45) is 0. The quantitative estimate of drug-likeness (QED) is 0.289. The highest BCUT2D eigenvalue weighted by Gasteiger charge is 2.21. The number of rotatable bonds is 6. The van der Waals surface area contributed by atoms with Crippen LogP contribution < -0.4 is 9.47 Å². The van der Waals surface area contributed by atoms with E-state index < -0.39 is 0 Å². The Hall–Kier alpha value is -3.90. The summed E-state index contributed by atoms with van der Waals surface area (Å²) in [5, 5.41) is 5.79. The Morgan fingerprint density at radius 3 is 2.06 bits per heavy atom. The zero-order chi connectivity index (χ0) is 22.8. The second kappa shape index (κ2) is 8.92. The Morgan fingerprint density at radius 1 is 0.758 bits per heavy atom. The molecule has 2 aromatic heterocycles. The lowest BCUT2D eigenvalue weighted by atomic mass is 10.1. The van der Waals surface area contributed by atoms with Crippen LogP contribution in [0.2, 0.25) is 0 Å². The fourth-order valence-electron chi connectivity index (χ4n) is 3.90. The van der Waals surface area contributed by atoms with Gasteiger partial charge in [-0.15, -0.1) is 0 Å². The van der Waals surface area contributed by atoms with Gasteiger partial charge in [0.25, 0.3) is 0 Å². The van der Waals surface area contributed by atoms with E-state index in [2.05, 4.69) is 25.1 Å². The van der Waals surface area contributed by atoms with Gasteiger partial charge in [0, 0.05) is 21.6 Å². The van der Waals surface area contributed by atoms with Crippen molar-refractivity contribution in [3.8, 4) is 50.4 Å². The SMILES string of the molecule is COc1ccccc1-c1cc(-c2ccccc2OC)n(-c2nc(-c3ccccc3)c(C)s2)n1. The highest BCUT2D eigenvalue weighted by atomic mass is 32.1. The lowest BCUT2D eigenvalue weighted by Gasteiger charge is -2.09. The fraction of sp³-hybridized carbons (Fsp3) is 0.111. The minimum Gasteiger partial charge on any atom is -0.496 e. The predicted molar refractivity (Wildman–Crippen MR) is 133 cm³/mol. The van der Waals surface area contributed by atoms with Crippen LogP contribution in [-0.2, 0) is 0 Å². The number of benzene rings is 3. The molecule has 0 spiro atoms. The Balaban J connectivity index is 1.72. The first-order valence-corrected chi connectivity index (χ1v) is 11.4. The smallest absolute Gasteiger partial charge is 0.211 e. The molecule has 0 aliphatic rings. The molecule has 0 N–H and O–H groups in total. The summed E-state index contributed by atoms with van der Waals surface area (Å²) in [6.45, 7) is 2.09. The lowest BCUT2D eigenvalue weighted by molar-refractivity contribution is 0.416. The number of nitrogens with zero attached hydrogens (tertiary/aromatic N) is 3. The van der Waals surface area contributed by atoms with Gasteiger partial charge in [0.15, 0.2) is 0 Å². The summed E-state index contributed by atoms with van der Waals surface area (Å²) in [5.41, 5.74) is 5.64. The number of hydrogen-bond acceptors (Lipinski definition) is 5. The molecule has 0 saturated carbocycles. The van der Waals surface area contributed by atoms with Crippen molar-refractivity contribution in [2.45, 2.75) is 6.92 Å². The first-order chi connectivity index (χ1) is 16.2. The van der Waals surface area contributed by atoms with E-state index in [-0.39, 0.29) is 0 Å². The average Bonchev–Trinajstić information content (AvgIpc) is 3.48. The van der Waals surface area contributed by atoms with Crippen molar-refractivity contribution in [3.63, 3.8) is 0 Å². The van der Waals surface area contributed by atoms with Crippen molar-refractivity contribution < 1.29 is 9.47 Å². The van der Waals surface area contributed by atoms with E-state index in [9.17, 15) is 0 Å². The van der Waals surface area contributed by atoms with Crippen LogP contribution in [-0.4, -0.2) is 29.0 Å². The van der Waals surface area contributed by atoms with Crippen molar-refractivity contribution in [1.82, 2.24) is 14.8 Å². The third-order valence-corrected chi connectivity index (χ3v) is 6.44. The molecule has 5 nitrogen and oxygen atoms in total. The molecule has 0 unspecified atom stereocenters. The van der Waals surface area contributed by atoms with Crippen LogP contribution in [0, 0.1) is 6.92 Å². The zero-order valence-electron chi connectivity index (χ0n) is 18.6. The van der Waals surface area contributed by atoms with Crippen LogP contribution in [0.1, 0.15) is 4.88 Å². The first kappa shape index (κ1) is 21.0. The minimum atomic E-state index is 0.772. The second-order valence-electron chi connectivity index (χ2n) is 7.49. The first-order valence-electron chi connectivity index (χ1n) is 10.6. The molecular weight excluding hydrogens is 430 g/mol. The van der Waals surface area contributed by atoms with E-state index in [1.165, 1.54) is 0 Å². The molecule has 3 aromatic carbocycles. The largest absolute Gasteiger partial charge is 0.496 e. The van der Waals surface area contributed by atoms with E-state index in [1.54, 1.807) is 25.6 Å². The average molecular weight is 454 g/mol. The summed E-state index contributed by atoms with van der Waals surface area (Å²) < 4.78 is 13.2. The van der Waals surface area contributed by atoms with Crippen molar-refractivity contribution in [2.24, 2.45) is 0 Å². The Bertz CT molecular complexity index is 1410. The van der Waals surface area contributed by atoms with Gasteiger partial charge in [0.1, 0.15) is 11.5 Å². The molecule has 0 bridgehead atoms. The molecule has 0 aliphatic carbocycles. The number of hydrogen-bond donors (Lipinski definition) is 0. The van der Waals surface area contributed by atoms with Crippen LogP contribution in [0.5, 0.6) is 11.5 Å². The molecule has 5 aromatic rings. The van der Waals surface area contributed by atoms with E-state index in [0.717, 1.165) is 55.3 Å². The number of thiazole rings is 1. The molecular formula is C27H23N3O2S. The summed E-state index contributed by atoms with van der Waals surface area (Å²) >= 11 is 1.62. The van der Waals surface area contributed by atoms with Crippen LogP contribution in [0.25, 0.3) is 38.9 Å². The van der Waals surface area contributed by atoms with Gasteiger partial charge in [-0.25, -0.2) is 9.67 Å². The molecule has 0 aliphatic heterocycles. The van der Waals surface area contributed by atoms with E-state index in [4.69, 9.17) is 19.6 Å². The monoisotopic (exact) mass is 453 g/mol. The summed E-state index contributed by atoms with van der Waals surface area (Å²) in [4.78, 5) is 6.12. The number of aromatic nitrogens is 3.